The summed E-state index contributed by atoms with van der Waals surface area (Å²) in [7, 11) is 0. The number of aromatic nitrogens is 4. The van der Waals surface area contributed by atoms with Crippen LogP contribution in [0.2, 0.25) is 0 Å². The van der Waals surface area contributed by atoms with Gasteiger partial charge in [-0.15, -0.1) is 0 Å². The highest BCUT2D eigenvalue weighted by Crippen LogP contribution is 2.34. The number of anilines is 1. The number of nitrogens with one attached hydrogen (secondary N) is 1. The molecular weight excluding hydrogens is 398 g/mol. The summed E-state index contributed by atoms with van der Waals surface area (Å²) in [6.45, 7) is 6.19. The van der Waals surface area contributed by atoms with E-state index in [9.17, 15) is 10.1 Å². The minimum absolute atomic E-state index is 0.127. The van der Waals surface area contributed by atoms with Crippen molar-refractivity contribution in [3.05, 3.63) is 30.4 Å². The molecule has 10 heteroatoms. The highest BCUT2D eigenvalue weighted by Gasteiger charge is 2.29. The normalized spacial score (nSPS) is 16.9. The number of piperazine rings is 1. The van der Waals surface area contributed by atoms with Gasteiger partial charge in [0.1, 0.15) is 17.4 Å². The summed E-state index contributed by atoms with van der Waals surface area (Å²) < 4.78 is 12.4. The maximum Gasteiger partial charge on any atom is 0.410 e. The molecule has 3 aromatic heterocycles. The third-order valence-electron chi connectivity index (χ3n) is 5.79. The molecule has 1 N–H and O–H groups in total. The molecule has 5 heterocycles. The predicted molar refractivity (Wildman–Crippen MR) is 113 cm³/mol. The van der Waals surface area contributed by atoms with Crippen LogP contribution in [0.15, 0.2) is 24.8 Å². The van der Waals surface area contributed by atoms with Crippen molar-refractivity contribution in [3.8, 4) is 17.5 Å². The van der Waals surface area contributed by atoms with Gasteiger partial charge in [-0.2, -0.15) is 5.26 Å². The van der Waals surface area contributed by atoms with Crippen molar-refractivity contribution in [2.45, 2.75) is 19.6 Å². The van der Waals surface area contributed by atoms with Gasteiger partial charge in [0, 0.05) is 45.1 Å². The van der Waals surface area contributed by atoms with Gasteiger partial charge >= 0.3 is 6.09 Å². The summed E-state index contributed by atoms with van der Waals surface area (Å²) in [4.78, 5) is 28.4. The highest BCUT2D eigenvalue weighted by molar-refractivity contribution is 5.99. The van der Waals surface area contributed by atoms with Crippen molar-refractivity contribution in [2.75, 3.05) is 44.3 Å². The number of fused-ring (bicyclic) bond motifs is 1. The molecule has 2 aliphatic rings. The van der Waals surface area contributed by atoms with E-state index < -0.39 is 0 Å². The zero-order chi connectivity index (χ0) is 21.4. The number of nitriles is 1. The summed E-state index contributed by atoms with van der Waals surface area (Å²) in [5.41, 5.74) is 3.51. The Hall–Kier alpha value is -3.58. The van der Waals surface area contributed by atoms with Gasteiger partial charge in [-0.1, -0.05) is 0 Å². The van der Waals surface area contributed by atoms with Crippen LogP contribution in [-0.4, -0.2) is 76.0 Å². The van der Waals surface area contributed by atoms with Crippen LogP contribution in [0.5, 0.6) is 0 Å². The number of carbonyl (C=O) groups excluding carboxylic acids is 1. The van der Waals surface area contributed by atoms with E-state index in [1.54, 1.807) is 17.4 Å². The first-order valence-electron chi connectivity index (χ1n) is 10.4. The quantitative estimate of drug-likeness (QED) is 0.685. The van der Waals surface area contributed by atoms with Gasteiger partial charge in [-0.3, -0.25) is 0 Å². The van der Waals surface area contributed by atoms with Crippen LogP contribution in [-0.2, 0) is 16.0 Å². The molecule has 0 unspecified atom stereocenters. The van der Waals surface area contributed by atoms with Crippen molar-refractivity contribution in [1.29, 1.82) is 5.26 Å². The van der Waals surface area contributed by atoms with Gasteiger partial charge in [0.15, 0.2) is 6.10 Å². The third kappa shape index (κ3) is 3.47. The van der Waals surface area contributed by atoms with Crippen LogP contribution in [0.4, 0.5) is 10.5 Å². The van der Waals surface area contributed by atoms with Crippen LogP contribution in [0.25, 0.3) is 22.4 Å². The average molecular weight is 421 g/mol. The van der Waals surface area contributed by atoms with E-state index in [4.69, 9.17) is 9.47 Å². The molecule has 0 aromatic carbocycles. The van der Waals surface area contributed by atoms with E-state index in [-0.39, 0.29) is 12.2 Å². The van der Waals surface area contributed by atoms with Crippen LogP contribution in [0.3, 0.4) is 0 Å². The van der Waals surface area contributed by atoms with Crippen LogP contribution in [0.1, 0.15) is 12.5 Å². The smallest absolute Gasteiger partial charge is 0.410 e. The monoisotopic (exact) mass is 421 g/mol. The predicted octanol–water partition coefficient (Wildman–Crippen LogP) is 1.98. The topological polar surface area (TPSA) is 112 Å². The zero-order valence-corrected chi connectivity index (χ0v) is 17.2. The lowest BCUT2D eigenvalue weighted by molar-refractivity contribution is -0.104. The number of rotatable bonds is 4. The van der Waals surface area contributed by atoms with Crippen molar-refractivity contribution in [2.24, 2.45) is 0 Å². The summed E-state index contributed by atoms with van der Waals surface area (Å²) in [6, 6.07) is 4.26. The van der Waals surface area contributed by atoms with E-state index >= 15 is 0 Å². The maximum absolute atomic E-state index is 12.3. The molecule has 0 atom stereocenters. The summed E-state index contributed by atoms with van der Waals surface area (Å²) in [5.74, 6) is 0. The van der Waals surface area contributed by atoms with Crippen LogP contribution >= 0.6 is 0 Å². The molecule has 0 bridgehead atoms. The number of imidazole rings is 1. The van der Waals surface area contributed by atoms with Crippen molar-refractivity contribution in [3.63, 3.8) is 0 Å². The lowest BCUT2D eigenvalue weighted by atomic mass is 10.1. The molecule has 2 fully saturated rings. The second-order valence-corrected chi connectivity index (χ2v) is 7.65. The number of carbonyl (C=O) groups is 1. The first-order chi connectivity index (χ1) is 15.2. The van der Waals surface area contributed by atoms with E-state index in [2.05, 4.69) is 25.9 Å². The minimum Gasteiger partial charge on any atom is -0.441 e. The molecule has 0 radical (unpaired) electrons. The first kappa shape index (κ1) is 19.4. The lowest BCUT2D eigenvalue weighted by Crippen LogP contribution is -2.51. The van der Waals surface area contributed by atoms with Gasteiger partial charge in [0.05, 0.1) is 41.9 Å². The zero-order valence-electron chi connectivity index (χ0n) is 17.2. The van der Waals surface area contributed by atoms with Gasteiger partial charge in [-0.25, -0.2) is 14.8 Å². The second kappa shape index (κ2) is 7.92. The molecule has 0 aliphatic carbocycles. The summed E-state index contributed by atoms with van der Waals surface area (Å²) >= 11 is 0. The molecule has 31 heavy (non-hydrogen) atoms. The number of aromatic amines is 1. The molecule has 2 aliphatic heterocycles. The SMILES string of the molecule is CCn1cnc(-c2[nH]c3nccc(N4CCN(C(=O)OC5COC5)CC4)c3c2C#N)c1. The first-order valence-corrected chi connectivity index (χ1v) is 10.4. The Morgan fingerprint density at radius 2 is 2.13 bits per heavy atom. The van der Waals surface area contributed by atoms with E-state index in [1.807, 2.05) is 23.8 Å². The van der Waals surface area contributed by atoms with E-state index in [0.29, 0.717) is 56.3 Å². The molecule has 5 rings (SSSR count). The van der Waals surface area contributed by atoms with E-state index in [1.165, 1.54) is 0 Å². The Morgan fingerprint density at radius 1 is 1.32 bits per heavy atom. The number of H-pyrrole nitrogens is 1. The van der Waals surface area contributed by atoms with E-state index in [0.717, 1.165) is 23.3 Å². The number of hydrogen-bond donors (Lipinski definition) is 1. The maximum atomic E-state index is 12.3. The molecule has 10 nitrogen and oxygen atoms in total. The van der Waals surface area contributed by atoms with Crippen molar-refractivity contribution >= 4 is 22.8 Å². The number of aryl methyl sites for hydroxylation is 1. The van der Waals surface area contributed by atoms with Gasteiger partial charge in [0.2, 0.25) is 0 Å². The Bertz CT molecular complexity index is 1150. The summed E-state index contributed by atoms with van der Waals surface area (Å²) in [5, 5.41) is 10.7. The molecular formula is C21H23N7O3. The van der Waals surface area contributed by atoms with Crippen LogP contribution < -0.4 is 4.90 Å². The Kier molecular flexibility index (Phi) is 4.95. The number of amides is 1. The minimum atomic E-state index is -0.291. The fourth-order valence-electron chi connectivity index (χ4n) is 3.96. The molecule has 160 valence electrons. The standard InChI is InChI=1S/C21H23N7O3/c1-2-26-10-16(24-13-26)19-15(9-22)18-17(3-4-23-20(18)25-19)27-5-7-28(8-6-27)21(29)31-14-11-30-12-14/h3-4,10,13-14H,2,5-8,11-12H2,1H3,(H,23,25). The molecule has 2 saturated heterocycles. The molecule has 0 spiro atoms. The largest absolute Gasteiger partial charge is 0.441 e. The highest BCUT2D eigenvalue weighted by atomic mass is 16.6. The van der Waals surface area contributed by atoms with Crippen molar-refractivity contribution in [1.82, 2.24) is 24.4 Å². The summed E-state index contributed by atoms with van der Waals surface area (Å²) in [6.07, 6.45) is 4.99. The Balaban J connectivity index is 1.40. The second-order valence-electron chi connectivity index (χ2n) is 7.65. The van der Waals surface area contributed by atoms with Gasteiger partial charge in [-0.05, 0) is 13.0 Å². The third-order valence-corrected chi connectivity index (χ3v) is 5.79. The Labute approximate surface area is 179 Å². The lowest BCUT2D eigenvalue weighted by Gasteiger charge is -2.37. The Morgan fingerprint density at radius 3 is 2.77 bits per heavy atom. The van der Waals surface area contributed by atoms with Gasteiger partial charge < -0.3 is 28.8 Å². The fourth-order valence-corrected chi connectivity index (χ4v) is 3.96. The number of nitrogens with zero attached hydrogens (tertiary/aromatic N) is 6. The number of pyridine rings is 1. The van der Waals surface area contributed by atoms with Gasteiger partial charge in [0.25, 0.3) is 0 Å². The van der Waals surface area contributed by atoms with Crippen molar-refractivity contribution < 1.29 is 14.3 Å². The molecule has 3 aromatic rings. The van der Waals surface area contributed by atoms with Crippen LogP contribution in [0, 0.1) is 11.3 Å². The molecule has 0 saturated carbocycles. The fraction of sp³-hybridized carbons (Fsp3) is 0.429. The number of ether oxygens (including phenoxy) is 2. The molecule has 1 amide bonds. The number of hydrogen-bond acceptors (Lipinski definition) is 7. The average Bonchev–Trinajstić information content (AvgIpc) is 3.40.